The number of rotatable bonds is 6. The summed E-state index contributed by atoms with van der Waals surface area (Å²) in [6.45, 7) is 0. The summed E-state index contributed by atoms with van der Waals surface area (Å²) >= 11 is 12.2. The maximum Gasteiger partial charge on any atom is 0.173 e. The van der Waals surface area contributed by atoms with Crippen LogP contribution in [0, 0.1) is 0 Å². The number of ketones is 1. The Morgan fingerprint density at radius 1 is 1.00 bits per heavy atom. The first-order valence-electron chi connectivity index (χ1n) is 6.47. The van der Waals surface area contributed by atoms with E-state index in [-0.39, 0.29) is 14.2 Å². The Morgan fingerprint density at radius 3 is 2.19 bits per heavy atom. The summed E-state index contributed by atoms with van der Waals surface area (Å²) in [5.74, 6) is -0.537. The minimum absolute atomic E-state index is 0.0248. The molecule has 0 amide bonds. The third-order valence-electron chi connectivity index (χ3n) is 3.24. The quantitative estimate of drug-likeness (QED) is 0.504. The van der Waals surface area contributed by atoms with Gasteiger partial charge in [0, 0.05) is 12.1 Å². The van der Waals surface area contributed by atoms with E-state index in [2.05, 4.69) is 0 Å². The lowest BCUT2D eigenvalue weighted by Gasteiger charge is -2.16. The molecule has 0 saturated heterocycles. The van der Waals surface area contributed by atoms with E-state index in [0.717, 1.165) is 5.56 Å². The Labute approximate surface area is 135 Å². The molecule has 0 aliphatic carbocycles. The van der Waals surface area contributed by atoms with Crippen LogP contribution in [0.1, 0.15) is 28.3 Å². The fourth-order valence-electron chi connectivity index (χ4n) is 2.22. The average molecular weight is 339 g/mol. The summed E-state index contributed by atoms with van der Waals surface area (Å²) in [6, 6.07) is 14.4. The predicted octanol–water partition coefficient (Wildman–Crippen LogP) is 5.64. The number of Topliss-reactive ketones (excluding diaryl/α,β-unsaturated/α-hetero) is 1. The molecule has 1 atom stereocenters. The predicted molar refractivity (Wildman–Crippen MR) is 87.1 cm³/mol. The molecule has 1 unspecified atom stereocenters. The molecule has 0 aliphatic heterocycles. The highest BCUT2D eigenvalue weighted by molar-refractivity contribution is 7.23. The van der Waals surface area contributed by atoms with Crippen LogP contribution in [-0.4, -0.2) is 11.9 Å². The zero-order valence-corrected chi connectivity index (χ0v) is 13.5. The summed E-state index contributed by atoms with van der Waals surface area (Å²) in [5.41, 5.74) is 1.21. The minimum atomic E-state index is -0.398. The first-order chi connectivity index (χ1) is 10.1. The number of hydrogen-bond donors (Lipinski definition) is 0. The molecule has 108 valence electrons. The second-order valence-corrected chi connectivity index (χ2v) is 6.09. The fourth-order valence-corrected chi connectivity index (χ4v) is 3.17. The van der Waals surface area contributed by atoms with Crippen LogP contribution >= 0.6 is 31.7 Å². The van der Waals surface area contributed by atoms with E-state index in [9.17, 15) is 9.36 Å². The number of halogens is 2. The van der Waals surface area contributed by atoms with Crippen LogP contribution in [0.2, 0.25) is 10.0 Å². The molecular formula is C16H13Cl2O2P. The summed E-state index contributed by atoms with van der Waals surface area (Å²) in [5, 5.41) is 0.682. The SMILES string of the molecule is O=PCCC(C(=O)c1c(Cl)cccc1Cl)c1ccccc1. The van der Waals surface area contributed by atoms with Gasteiger partial charge in [-0.25, -0.2) is 0 Å². The molecular weight excluding hydrogens is 326 g/mol. The Kier molecular flexibility index (Phi) is 5.93. The highest BCUT2D eigenvalue weighted by Gasteiger charge is 2.25. The van der Waals surface area contributed by atoms with Gasteiger partial charge in [0.05, 0.1) is 15.6 Å². The molecule has 2 rings (SSSR count). The molecule has 2 aromatic rings. The number of benzene rings is 2. The summed E-state index contributed by atoms with van der Waals surface area (Å²) in [7, 11) is 0.0248. The van der Waals surface area contributed by atoms with Crippen LogP contribution in [0.15, 0.2) is 48.5 Å². The topological polar surface area (TPSA) is 34.1 Å². The van der Waals surface area contributed by atoms with Crippen LogP contribution in [0.4, 0.5) is 0 Å². The van der Waals surface area contributed by atoms with Crippen LogP contribution < -0.4 is 0 Å². The van der Waals surface area contributed by atoms with E-state index in [0.29, 0.717) is 28.2 Å². The lowest BCUT2D eigenvalue weighted by molar-refractivity contribution is 0.0958. The number of carbonyl (C=O) groups is 1. The van der Waals surface area contributed by atoms with Gasteiger partial charge in [-0.1, -0.05) is 59.6 Å². The third-order valence-corrected chi connectivity index (χ3v) is 4.31. The van der Waals surface area contributed by atoms with Crippen molar-refractivity contribution in [3.63, 3.8) is 0 Å². The van der Waals surface area contributed by atoms with Crippen molar-refractivity contribution in [2.75, 3.05) is 6.16 Å². The Balaban J connectivity index is 2.41. The highest BCUT2D eigenvalue weighted by Crippen LogP contribution is 2.32. The van der Waals surface area contributed by atoms with E-state index in [1.54, 1.807) is 18.2 Å². The largest absolute Gasteiger partial charge is 0.293 e. The fraction of sp³-hybridized carbons (Fsp3) is 0.188. The lowest BCUT2D eigenvalue weighted by Crippen LogP contribution is -2.14. The minimum Gasteiger partial charge on any atom is -0.293 e. The van der Waals surface area contributed by atoms with Crippen molar-refractivity contribution in [1.29, 1.82) is 0 Å². The zero-order chi connectivity index (χ0) is 15.2. The molecule has 0 bridgehead atoms. The third kappa shape index (κ3) is 3.91. The van der Waals surface area contributed by atoms with Gasteiger partial charge in [0.1, 0.15) is 0 Å². The van der Waals surface area contributed by atoms with Crippen molar-refractivity contribution < 1.29 is 9.36 Å². The first kappa shape index (κ1) is 16.2. The molecule has 0 fully saturated rings. The van der Waals surface area contributed by atoms with Gasteiger partial charge in [0.15, 0.2) is 14.2 Å². The molecule has 2 aromatic carbocycles. The van der Waals surface area contributed by atoms with E-state index >= 15 is 0 Å². The van der Waals surface area contributed by atoms with Crippen LogP contribution in [0.3, 0.4) is 0 Å². The molecule has 0 heterocycles. The lowest BCUT2D eigenvalue weighted by atomic mass is 9.88. The van der Waals surface area contributed by atoms with E-state index in [1.165, 1.54) is 0 Å². The number of hydrogen-bond acceptors (Lipinski definition) is 2. The van der Waals surface area contributed by atoms with Gasteiger partial charge < -0.3 is 0 Å². The summed E-state index contributed by atoms with van der Waals surface area (Å²) in [4.78, 5) is 12.8. The van der Waals surface area contributed by atoms with Crippen molar-refractivity contribution in [2.45, 2.75) is 12.3 Å². The van der Waals surface area contributed by atoms with E-state index in [4.69, 9.17) is 23.2 Å². The average Bonchev–Trinajstić information content (AvgIpc) is 2.48. The molecule has 0 radical (unpaired) electrons. The Hall–Kier alpha value is -1.21. The van der Waals surface area contributed by atoms with Gasteiger partial charge in [-0.15, -0.1) is 0 Å². The molecule has 0 saturated carbocycles. The maximum absolute atomic E-state index is 12.8. The summed E-state index contributed by atoms with van der Waals surface area (Å²) < 4.78 is 10.8. The van der Waals surface area contributed by atoms with Crippen molar-refractivity contribution in [3.8, 4) is 0 Å². The standard InChI is InChI=1S/C16H13Cl2O2P/c17-13-7-4-8-14(18)15(13)16(19)12(9-10-21-20)11-5-2-1-3-6-11/h1-8,12H,9-10H2. The second-order valence-electron chi connectivity index (χ2n) is 4.57. The van der Waals surface area contributed by atoms with Crippen molar-refractivity contribution >= 4 is 37.4 Å². The highest BCUT2D eigenvalue weighted by atomic mass is 35.5. The summed E-state index contributed by atoms with van der Waals surface area (Å²) in [6.07, 6.45) is 0.892. The molecule has 0 spiro atoms. The van der Waals surface area contributed by atoms with E-state index in [1.807, 2.05) is 30.3 Å². The molecule has 0 N–H and O–H groups in total. The Morgan fingerprint density at radius 2 is 1.62 bits per heavy atom. The van der Waals surface area contributed by atoms with Crippen LogP contribution in [0.5, 0.6) is 0 Å². The molecule has 0 aliphatic rings. The normalized spacial score (nSPS) is 12.3. The second kappa shape index (κ2) is 7.70. The van der Waals surface area contributed by atoms with Crippen molar-refractivity contribution in [1.82, 2.24) is 0 Å². The first-order valence-corrected chi connectivity index (χ1v) is 8.22. The Bertz CT molecular complexity index is 624. The molecule has 2 nitrogen and oxygen atoms in total. The smallest absolute Gasteiger partial charge is 0.173 e. The molecule has 5 heteroatoms. The van der Waals surface area contributed by atoms with Gasteiger partial charge in [-0.2, -0.15) is 0 Å². The zero-order valence-electron chi connectivity index (χ0n) is 11.1. The van der Waals surface area contributed by atoms with Crippen molar-refractivity contribution in [3.05, 3.63) is 69.7 Å². The maximum atomic E-state index is 12.8. The van der Waals surface area contributed by atoms with Gasteiger partial charge in [-0.3, -0.25) is 9.36 Å². The molecule has 0 aromatic heterocycles. The van der Waals surface area contributed by atoms with Crippen LogP contribution in [-0.2, 0) is 4.57 Å². The van der Waals surface area contributed by atoms with Gasteiger partial charge in [0.25, 0.3) is 0 Å². The van der Waals surface area contributed by atoms with Crippen LogP contribution in [0.25, 0.3) is 0 Å². The van der Waals surface area contributed by atoms with E-state index < -0.39 is 5.92 Å². The number of carbonyl (C=O) groups excluding carboxylic acids is 1. The van der Waals surface area contributed by atoms with Gasteiger partial charge in [-0.05, 0) is 24.1 Å². The van der Waals surface area contributed by atoms with Crippen molar-refractivity contribution in [2.24, 2.45) is 0 Å². The monoisotopic (exact) mass is 338 g/mol. The molecule has 21 heavy (non-hydrogen) atoms. The van der Waals surface area contributed by atoms with Gasteiger partial charge in [0.2, 0.25) is 0 Å². The van der Waals surface area contributed by atoms with Gasteiger partial charge >= 0.3 is 0 Å².